The molecule has 1 heterocycles. The second-order valence-electron chi connectivity index (χ2n) is 7.21. The van der Waals surface area contributed by atoms with E-state index in [-0.39, 0.29) is 18.3 Å². The van der Waals surface area contributed by atoms with E-state index in [1.165, 1.54) is 0 Å². The number of hydrogen-bond donors (Lipinski definition) is 2. The average molecular weight is 346 g/mol. The number of H-pyrrole nitrogens is 1. The van der Waals surface area contributed by atoms with Crippen LogP contribution in [0.2, 0.25) is 0 Å². The fourth-order valence-corrected chi connectivity index (χ4v) is 2.48. The smallest absolute Gasteiger partial charge is 0.413 e. The zero-order chi connectivity index (χ0) is 18.8. The third-order valence-corrected chi connectivity index (χ3v) is 3.57. The van der Waals surface area contributed by atoms with Gasteiger partial charge in [0.1, 0.15) is 5.60 Å². The summed E-state index contributed by atoms with van der Waals surface area (Å²) in [7, 11) is 0. The quantitative estimate of drug-likeness (QED) is 0.767. The van der Waals surface area contributed by atoms with Gasteiger partial charge in [-0.05, 0) is 38.3 Å². The summed E-state index contributed by atoms with van der Waals surface area (Å²) in [6.07, 6.45) is -0.374. The molecule has 6 heteroatoms. The number of aromatic amines is 1. The van der Waals surface area contributed by atoms with Gasteiger partial charge in [0.05, 0.1) is 5.52 Å². The summed E-state index contributed by atoms with van der Waals surface area (Å²) in [5.74, 6) is 0.531. The predicted molar refractivity (Wildman–Crippen MR) is 98.2 cm³/mol. The summed E-state index contributed by atoms with van der Waals surface area (Å²) in [5.41, 5.74) is 1.28. The number of ether oxygens (including phenoxy) is 2. The van der Waals surface area contributed by atoms with Crippen LogP contribution in [-0.4, -0.2) is 22.6 Å². The largest absolute Gasteiger partial charge is 0.444 e. The number of fused-ring (bicyclic) bond motifs is 1. The number of para-hydroxylation sites is 1. The lowest BCUT2D eigenvalue weighted by Gasteiger charge is -2.19. The third kappa shape index (κ3) is 4.53. The highest BCUT2D eigenvalue weighted by Crippen LogP contribution is 2.38. The van der Waals surface area contributed by atoms with Crippen LogP contribution in [0.1, 0.15) is 59.4 Å². The molecule has 1 amide bonds. The molecule has 0 saturated heterocycles. The van der Waals surface area contributed by atoms with Crippen molar-refractivity contribution < 1.29 is 19.1 Å². The molecule has 0 fully saturated rings. The molecule has 1 aromatic heterocycles. The van der Waals surface area contributed by atoms with Crippen LogP contribution >= 0.6 is 0 Å². The Bertz CT molecular complexity index is 785. The van der Waals surface area contributed by atoms with Gasteiger partial charge in [0.15, 0.2) is 11.6 Å². The molecule has 25 heavy (non-hydrogen) atoms. The van der Waals surface area contributed by atoms with Crippen molar-refractivity contribution in [3.63, 3.8) is 0 Å². The molecule has 0 aliphatic carbocycles. The SMILES string of the molecule is CCC(=O)Oc1c(NC(=O)OC(C)(C)C)[nH]c2c(C(C)C)cccc12. The van der Waals surface area contributed by atoms with Crippen LogP contribution in [0, 0.1) is 0 Å². The normalized spacial score (nSPS) is 11.6. The van der Waals surface area contributed by atoms with Gasteiger partial charge in [-0.1, -0.05) is 32.9 Å². The van der Waals surface area contributed by atoms with E-state index in [9.17, 15) is 9.59 Å². The molecule has 0 spiro atoms. The van der Waals surface area contributed by atoms with Crippen LogP contribution in [0.4, 0.5) is 10.6 Å². The fraction of sp³-hybridized carbons (Fsp3) is 0.474. The Labute approximate surface area is 147 Å². The second kappa shape index (κ2) is 7.17. The van der Waals surface area contributed by atoms with Crippen LogP contribution in [0.3, 0.4) is 0 Å². The van der Waals surface area contributed by atoms with Crippen molar-refractivity contribution in [2.24, 2.45) is 0 Å². The Morgan fingerprint density at radius 1 is 1.24 bits per heavy atom. The monoisotopic (exact) mass is 346 g/mol. The lowest BCUT2D eigenvalue weighted by molar-refractivity contribution is -0.133. The van der Waals surface area contributed by atoms with Gasteiger partial charge in [0, 0.05) is 11.8 Å². The number of carbonyl (C=O) groups excluding carboxylic acids is 2. The summed E-state index contributed by atoms with van der Waals surface area (Å²) < 4.78 is 10.8. The number of rotatable bonds is 4. The number of hydrogen-bond acceptors (Lipinski definition) is 4. The Hall–Kier alpha value is -2.50. The molecule has 0 radical (unpaired) electrons. The summed E-state index contributed by atoms with van der Waals surface area (Å²) >= 11 is 0. The van der Waals surface area contributed by atoms with Crippen LogP contribution in [0.5, 0.6) is 5.75 Å². The maximum absolute atomic E-state index is 12.1. The second-order valence-corrected chi connectivity index (χ2v) is 7.21. The maximum Gasteiger partial charge on any atom is 0.413 e. The molecule has 2 rings (SSSR count). The van der Waals surface area contributed by atoms with Crippen molar-refractivity contribution in [2.45, 2.75) is 59.5 Å². The zero-order valence-corrected chi connectivity index (χ0v) is 15.6. The minimum Gasteiger partial charge on any atom is -0.444 e. The molecular weight excluding hydrogens is 320 g/mol. The standard InChI is InChI=1S/C19H26N2O4/c1-7-14(22)24-16-13-10-8-9-12(11(2)3)15(13)20-17(16)21-18(23)25-19(4,5)6/h8-11,20H,7H2,1-6H3,(H,21,23). The Morgan fingerprint density at radius 3 is 2.48 bits per heavy atom. The van der Waals surface area contributed by atoms with Gasteiger partial charge in [0.2, 0.25) is 0 Å². The Balaban J connectivity index is 2.49. The van der Waals surface area contributed by atoms with Crippen molar-refractivity contribution in [1.29, 1.82) is 0 Å². The zero-order valence-electron chi connectivity index (χ0n) is 15.6. The highest BCUT2D eigenvalue weighted by Gasteiger charge is 2.22. The molecule has 2 N–H and O–H groups in total. The van der Waals surface area contributed by atoms with Crippen molar-refractivity contribution in [1.82, 2.24) is 4.98 Å². The first kappa shape index (κ1) is 18.8. The molecule has 6 nitrogen and oxygen atoms in total. The minimum atomic E-state index is -0.626. The molecule has 1 aromatic carbocycles. The van der Waals surface area contributed by atoms with Gasteiger partial charge in [0.25, 0.3) is 0 Å². The first-order chi connectivity index (χ1) is 11.6. The van der Waals surface area contributed by atoms with Gasteiger partial charge in [-0.25, -0.2) is 4.79 Å². The molecule has 0 aliphatic heterocycles. The number of esters is 1. The van der Waals surface area contributed by atoms with Crippen LogP contribution < -0.4 is 10.1 Å². The average Bonchev–Trinajstić information content (AvgIpc) is 2.82. The van der Waals surface area contributed by atoms with E-state index in [2.05, 4.69) is 24.1 Å². The molecule has 0 aliphatic rings. The van der Waals surface area contributed by atoms with Crippen molar-refractivity contribution in [3.05, 3.63) is 23.8 Å². The molecule has 2 aromatic rings. The van der Waals surface area contributed by atoms with Crippen LogP contribution in [-0.2, 0) is 9.53 Å². The third-order valence-electron chi connectivity index (χ3n) is 3.57. The van der Waals surface area contributed by atoms with E-state index in [4.69, 9.17) is 9.47 Å². The van der Waals surface area contributed by atoms with Gasteiger partial charge in [-0.2, -0.15) is 0 Å². The fourth-order valence-electron chi connectivity index (χ4n) is 2.48. The Morgan fingerprint density at radius 2 is 1.92 bits per heavy atom. The topological polar surface area (TPSA) is 80.4 Å². The number of aromatic nitrogens is 1. The molecule has 136 valence electrons. The van der Waals surface area contributed by atoms with E-state index in [0.29, 0.717) is 11.6 Å². The van der Waals surface area contributed by atoms with E-state index in [1.807, 2.05) is 18.2 Å². The number of anilines is 1. The van der Waals surface area contributed by atoms with E-state index < -0.39 is 11.7 Å². The highest BCUT2D eigenvalue weighted by atomic mass is 16.6. The van der Waals surface area contributed by atoms with Gasteiger partial charge in [-0.15, -0.1) is 0 Å². The number of amides is 1. The van der Waals surface area contributed by atoms with Crippen LogP contribution in [0.15, 0.2) is 18.2 Å². The lowest BCUT2D eigenvalue weighted by Crippen LogP contribution is -2.27. The highest BCUT2D eigenvalue weighted by molar-refractivity contribution is 6.00. The number of carbonyl (C=O) groups is 2. The van der Waals surface area contributed by atoms with Gasteiger partial charge < -0.3 is 14.5 Å². The van der Waals surface area contributed by atoms with E-state index >= 15 is 0 Å². The summed E-state index contributed by atoms with van der Waals surface area (Å²) in [4.78, 5) is 27.1. The maximum atomic E-state index is 12.1. The molecule has 0 atom stereocenters. The molecule has 0 saturated carbocycles. The number of benzene rings is 1. The summed E-state index contributed by atoms with van der Waals surface area (Å²) in [6, 6.07) is 5.77. The van der Waals surface area contributed by atoms with Crippen molar-refractivity contribution in [2.75, 3.05) is 5.32 Å². The number of nitrogens with one attached hydrogen (secondary N) is 2. The van der Waals surface area contributed by atoms with Gasteiger partial charge in [-0.3, -0.25) is 10.1 Å². The summed E-state index contributed by atoms with van der Waals surface area (Å²) in [6.45, 7) is 11.2. The molecule has 0 unspecified atom stereocenters. The first-order valence-electron chi connectivity index (χ1n) is 8.47. The van der Waals surface area contributed by atoms with E-state index in [1.54, 1.807) is 27.7 Å². The molecule has 0 bridgehead atoms. The lowest BCUT2D eigenvalue weighted by atomic mass is 10.0. The van der Waals surface area contributed by atoms with Crippen molar-refractivity contribution in [3.8, 4) is 5.75 Å². The first-order valence-corrected chi connectivity index (χ1v) is 8.47. The van der Waals surface area contributed by atoms with Crippen LogP contribution in [0.25, 0.3) is 10.9 Å². The Kier molecular flexibility index (Phi) is 5.40. The van der Waals surface area contributed by atoms with E-state index in [0.717, 1.165) is 16.5 Å². The summed E-state index contributed by atoms with van der Waals surface area (Å²) in [5, 5.41) is 3.41. The van der Waals surface area contributed by atoms with Gasteiger partial charge >= 0.3 is 12.1 Å². The molecular formula is C19H26N2O4. The minimum absolute atomic E-state index is 0.239. The van der Waals surface area contributed by atoms with Crippen molar-refractivity contribution >= 4 is 28.8 Å². The predicted octanol–water partition coefficient (Wildman–Crippen LogP) is 4.95.